The Morgan fingerprint density at radius 3 is 2.75 bits per heavy atom. The number of ketones is 1. The van der Waals surface area contributed by atoms with E-state index in [4.69, 9.17) is 4.42 Å². The minimum Gasteiger partial charge on any atom is -0.467 e. The van der Waals surface area contributed by atoms with Crippen molar-refractivity contribution >= 4 is 5.78 Å². The van der Waals surface area contributed by atoms with E-state index in [1.165, 1.54) is 13.2 Å². The van der Waals surface area contributed by atoms with Crippen LogP contribution in [0.5, 0.6) is 0 Å². The maximum Gasteiger partial charge on any atom is 0.454 e. The number of furan rings is 1. The van der Waals surface area contributed by atoms with Gasteiger partial charge in [0.1, 0.15) is 5.76 Å². The molecule has 0 bridgehead atoms. The van der Waals surface area contributed by atoms with Crippen molar-refractivity contribution in [3.8, 4) is 0 Å². The summed E-state index contributed by atoms with van der Waals surface area (Å²) in [6, 6.07) is 3.34. The van der Waals surface area contributed by atoms with Crippen LogP contribution in [0.25, 0.3) is 0 Å². The van der Waals surface area contributed by atoms with E-state index in [9.17, 15) is 18.0 Å². The average molecular weight is 233 g/mol. The molecule has 0 saturated heterocycles. The highest BCUT2D eigenvalue weighted by atomic mass is 19.4. The second-order valence-electron chi connectivity index (χ2n) is 3.12. The molecule has 0 unspecified atom stereocenters. The molecule has 0 aliphatic rings. The summed E-state index contributed by atoms with van der Waals surface area (Å²) in [6.45, 7) is 1.62. The highest BCUT2D eigenvalue weighted by Crippen LogP contribution is 2.17. The first kappa shape index (κ1) is 12.4. The van der Waals surface area contributed by atoms with E-state index < -0.39 is 12.0 Å². The van der Waals surface area contributed by atoms with E-state index >= 15 is 0 Å². The second kappa shape index (κ2) is 4.87. The Labute approximate surface area is 89.9 Å². The summed E-state index contributed by atoms with van der Waals surface area (Å²) in [5.74, 6) is -1.30. The van der Waals surface area contributed by atoms with Gasteiger partial charge in [0.05, 0.1) is 12.8 Å². The Morgan fingerprint density at radius 1 is 1.56 bits per heavy atom. The van der Waals surface area contributed by atoms with Crippen LogP contribution in [0, 0.1) is 0 Å². The Balaban J connectivity index is 2.49. The predicted molar refractivity (Wildman–Crippen MR) is 50.4 cm³/mol. The molecule has 0 aliphatic heterocycles. The molecule has 0 fully saturated rings. The van der Waals surface area contributed by atoms with E-state index in [0.29, 0.717) is 11.8 Å². The number of hydrogen-bond acceptors (Lipinski definition) is 3. The fraction of sp³-hybridized carbons (Fsp3) is 0.300. The lowest BCUT2D eigenvalue weighted by atomic mass is 10.3. The fourth-order valence-electron chi connectivity index (χ4n) is 0.969. The third-order valence-electron chi connectivity index (χ3n) is 1.75. The van der Waals surface area contributed by atoms with Gasteiger partial charge in [-0.25, -0.2) is 0 Å². The molecule has 0 amide bonds. The monoisotopic (exact) mass is 233 g/mol. The number of allylic oxidation sites excluding steroid dienone is 2. The van der Waals surface area contributed by atoms with Crippen LogP contribution in [0.3, 0.4) is 0 Å². The van der Waals surface area contributed by atoms with Gasteiger partial charge in [0.25, 0.3) is 5.78 Å². The highest BCUT2D eigenvalue weighted by molar-refractivity contribution is 5.94. The number of carbonyl (C=O) groups excluding carboxylic acids is 1. The van der Waals surface area contributed by atoms with Gasteiger partial charge in [-0.15, -0.1) is 0 Å². The molecule has 1 aromatic rings. The molecule has 3 nitrogen and oxygen atoms in total. The molecule has 1 aromatic heterocycles. The lowest BCUT2D eigenvalue weighted by Crippen LogP contribution is -2.22. The maximum absolute atomic E-state index is 11.9. The maximum atomic E-state index is 11.9. The quantitative estimate of drug-likeness (QED) is 0.812. The van der Waals surface area contributed by atoms with Gasteiger partial charge in [0.15, 0.2) is 0 Å². The molecule has 0 atom stereocenters. The minimum absolute atomic E-state index is 0.138. The Bertz CT molecular complexity index is 379. The van der Waals surface area contributed by atoms with Crippen LogP contribution in [0.2, 0.25) is 0 Å². The summed E-state index contributed by atoms with van der Waals surface area (Å²) in [6.07, 6.45) is -2.85. The standard InChI is InChI=1S/C10H10F3NO2/c1-7(5-9(15)10(11,12)13)14-6-8-3-2-4-16-8/h2-5,14H,6H2,1H3. The van der Waals surface area contributed by atoms with E-state index in [-0.39, 0.29) is 12.2 Å². The molecular formula is C10H10F3NO2. The van der Waals surface area contributed by atoms with Crippen LogP contribution in [0.1, 0.15) is 12.7 Å². The number of alkyl halides is 3. The van der Waals surface area contributed by atoms with Crippen molar-refractivity contribution in [1.29, 1.82) is 0 Å². The zero-order chi connectivity index (χ0) is 12.2. The van der Waals surface area contributed by atoms with Gasteiger partial charge in [-0.2, -0.15) is 13.2 Å². The van der Waals surface area contributed by atoms with Gasteiger partial charge in [-0.3, -0.25) is 4.79 Å². The number of halogens is 3. The number of hydrogen-bond donors (Lipinski definition) is 1. The largest absolute Gasteiger partial charge is 0.467 e. The molecule has 0 spiro atoms. The summed E-state index contributed by atoms with van der Waals surface area (Å²) < 4.78 is 40.6. The zero-order valence-electron chi connectivity index (χ0n) is 8.47. The molecule has 1 N–H and O–H groups in total. The van der Waals surface area contributed by atoms with Crippen LogP contribution < -0.4 is 5.32 Å². The second-order valence-corrected chi connectivity index (χ2v) is 3.12. The molecule has 16 heavy (non-hydrogen) atoms. The van der Waals surface area contributed by atoms with Crippen LogP contribution in [0.4, 0.5) is 13.2 Å². The van der Waals surface area contributed by atoms with Gasteiger partial charge in [-0.05, 0) is 19.1 Å². The van der Waals surface area contributed by atoms with E-state index in [1.54, 1.807) is 12.1 Å². The molecule has 0 saturated carbocycles. The van der Waals surface area contributed by atoms with Crippen molar-refractivity contribution in [2.75, 3.05) is 0 Å². The zero-order valence-corrected chi connectivity index (χ0v) is 8.47. The SMILES string of the molecule is CC(=CC(=O)C(F)(F)F)NCc1ccco1. The van der Waals surface area contributed by atoms with Gasteiger partial charge >= 0.3 is 6.18 Å². The topological polar surface area (TPSA) is 42.2 Å². The van der Waals surface area contributed by atoms with Gasteiger partial charge in [0.2, 0.25) is 0 Å². The molecule has 0 aliphatic carbocycles. The average Bonchev–Trinajstić information content (AvgIpc) is 2.65. The molecule has 6 heteroatoms. The minimum atomic E-state index is -4.83. The lowest BCUT2D eigenvalue weighted by molar-refractivity contribution is -0.165. The van der Waals surface area contributed by atoms with Crippen LogP contribution in [-0.4, -0.2) is 12.0 Å². The number of rotatable bonds is 4. The summed E-state index contributed by atoms with van der Waals surface area (Å²) >= 11 is 0. The lowest BCUT2D eigenvalue weighted by Gasteiger charge is -2.05. The molecule has 1 rings (SSSR count). The molecular weight excluding hydrogens is 223 g/mol. The summed E-state index contributed by atoms with van der Waals surface area (Å²) in [5.41, 5.74) is 0.138. The first-order valence-electron chi connectivity index (χ1n) is 4.45. The van der Waals surface area contributed by atoms with Crippen molar-refractivity contribution in [3.63, 3.8) is 0 Å². The van der Waals surface area contributed by atoms with E-state index in [2.05, 4.69) is 5.32 Å². The molecule has 88 valence electrons. The highest BCUT2D eigenvalue weighted by Gasteiger charge is 2.36. The first-order valence-corrected chi connectivity index (χ1v) is 4.45. The smallest absolute Gasteiger partial charge is 0.454 e. The summed E-state index contributed by atoms with van der Waals surface area (Å²) in [7, 11) is 0. The van der Waals surface area contributed by atoms with Crippen molar-refractivity contribution in [1.82, 2.24) is 5.32 Å². The molecule has 1 heterocycles. The third-order valence-corrected chi connectivity index (χ3v) is 1.75. The van der Waals surface area contributed by atoms with Crippen molar-refractivity contribution < 1.29 is 22.4 Å². The van der Waals surface area contributed by atoms with E-state index in [1.807, 2.05) is 0 Å². The normalized spacial score (nSPS) is 12.6. The third kappa shape index (κ3) is 3.80. The molecule has 0 radical (unpaired) electrons. The number of carbonyl (C=O) groups is 1. The fourth-order valence-corrected chi connectivity index (χ4v) is 0.969. The Kier molecular flexibility index (Phi) is 3.76. The predicted octanol–water partition coefficient (Wildman–Crippen LogP) is 2.40. The Hall–Kier alpha value is -1.72. The Morgan fingerprint density at radius 2 is 2.25 bits per heavy atom. The van der Waals surface area contributed by atoms with Gasteiger partial charge in [-0.1, -0.05) is 0 Å². The van der Waals surface area contributed by atoms with Crippen molar-refractivity contribution in [2.45, 2.75) is 19.6 Å². The summed E-state index contributed by atoms with van der Waals surface area (Å²) in [4.78, 5) is 10.6. The van der Waals surface area contributed by atoms with Crippen molar-refractivity contribution in [2.24, 2.45) is 0 Å². The first-order chi connectivity index (χ1) is 7.39. The van der Waals surface area contributed by atoms with Crippen LogP contribution in [0.15, 0.2) is 34.6 Å². The number of nitrogens with one attached hydrogen (secondary N) is 1. The van der Waals surface area contributed by atoms with Gasteiger partial charge in [0, 0.05) is 11.8 Å². The van der Waals surface area contributed by atoms with Gasteiger partial charge < -0.3 is 9.73 Å². The van der Waals surface area contributed by atoms with Crippen LogP contribution >= 0.6 is 0 Å². The van der Waals surface area contributed by atoms with Crippen molar-refractivity contribution in [3.05, 3.63) is 35.9 Å². The summed E-state index contributed by atoms with van der Waals surface area (Å²) in [5, 5.41) is 2.63. The van der Waals surface area contributed by atoms with E-state index in [0.717, 1.165) is 0 Å². The van der Waals surface area contributed by atoms with Crippen LogP contribution in [-0.2, 0) is 11.3 Å². The molecule has 0 aromatic carbocycles.